The van der Waals surface area contributed by atoms with Crippen LogP contribution in [0.25, 0.3) is 0 Å². The molecule has 0 spiro atoms. The Balaban J connectivity index is 2.24. The van der Waals surface area contributed by atoms with E-state index in [-0.39, 0.29) is 12.5 Å². The molecule has 1 amide bonds. The Hall–Kier alpha value is -2.74. The number of rotatable bonds is 10. The van der Waals surface area contributed by atoms with Gasteiger partial charge >= 0.3 is 0 Å². The Kier molecular flexibility index (Phi) is 7.90. The van der Waals surface area contributed by atoms with Gasteiger partial charge in [-0.1, -0.05) is 25.1 Å². The standard InChI is InChI=1S/C21H28N2O5S/c1-5-19(21(24)22-15-16-9-7-8-10-20(16)27-3)23(29(4,25)26)17-11-13-18(14-12-17)28-6-2/h7-14,19H,5-6,15H2,1-4H3,(H,22,24)/t19-/m1/s1. The lowest BCUT2D eigenvalue weighted by Crippen LogP contribution is -2.49. The highest BCUT2D eigenvalue weighted by atomic mass is 32.2. The number of anilines is 1. The van der Waals surface area contributed by atoms with Gasteiger partial charge in [-0.15, -0.1) is 0 Å². The summed E-state index contributed by atoms with van der Waals surface area (Å²) in [5.74, 6) is 0.920. The van der Waals surface area contributed by atoms with E-state index in [1.54, 1.807) is 38.3 Å². The van der Waals surface area contributed by atoms with Gasteiger partial charge in [-0.3, -0.25) is 9.10 Å². The molecule has 0 heterocycles. The van der Waals surface area contributed by atoms with Gasteiger partial charge in [0.15, 0.2) is 0 Å². The number of nitrogens with one attached hydrogen (secondary N) is 1. The summed E-state index contributed by atoms with van der Waals surface area (Å²) >= 11 is 0. The predicted molar refractivity (Wildman–Crippen MR) is 114 cm³/mol. The van der Waals surface area contributed by atoms with Gasteiger partial charge in [-0.2, -0.15) is 0 Å². The quantitative estimate of drug-likeness (QED) is 0.639. The summed E-state index contributed by atoms with van der Waals surface area (Å²) in [7, 11) is -2.13. The van der Waals surface area contributed by atoms with Gasteiger partial charge in [-0.05, 0) is 43.7 Å². The minimum atomic E-state index is -3.69. The summed E-state index contributed by atoms with van der Waals surface area (Å²) in [4.78, 5) is 12.9. The summed E-state index contributed by atoms with van der Waals surface area (Å²) in [5.41, 5.74) is 1.22. The number of benzene rings is 2. The van der Waals surface area contributed by atoms with Crippen molar-refractivity contribution in [2.45, 2.75) is 32.9 Å². The maximum atomic E-state index is 12.9. The summed E-state index contributed by atoms with van der Waals surface area (Å²) in [6.45, 7) is 4.40. The Labute approximate surface area is 172 Å². The van der Waals surface area contributed by atoms with E-state index < -0.39 is 16.1 Å². The summed E-state index contributed by atoms with van der Waals surface area (Å²) in [5, 5.41) is 2.83. The largest absolute Gasteiger partial charge is 0.496 e. The Morgan fingerprint density at radius 2 is 1.76 bits per heavy atom. The monoisotopic (exact) mass is 420 g/mol. The smallest absolute Gasteiger partial charge is 0.244 e. The zero-order chi connectivity index (χ0) is 21.4. The van der Waals surface area contributed by atoms with E-state index in [1.807, 2.05) is 31.2 Å². The van der Waals surface area contributed by atoms with Crippen LogP contribution in [-0.2, 0) is 21.4 Å². The first-order valence-electron chi connectivity index (χ1n) is 9.43. The number of para-hydroxylation sites is 1. The van der Waals surface area contributed by atoms with Gasteiger partial charge in [0.1, 0.15) is 17.5 Å². The molecule has 1 atom stereocenters. The molecule has 8 heteroatoms. The topological polar surface area (TPSA) is 84.9 Å². The number of carbonyl (C=O) groups is 1. The fraction of sp³-hybridized carbons (Fsp3) is 0.381. The molecule has 0 saturated carbocycles. The minimum absolute atomic E-state index is 0.236. The van der Waals surface area contributed by atoms with E-state index in [4.69, 9.17) is 9.47 Å². The Morgan fingerprint density at radius 3 is 2.31 bits per heavy atom. The summed E-state index contributed by atoms with van der Waals surface area (Å²) in [6, 6.07) is 13.1. The van der Waals surface area contributed by atoms with Gasteiger partial charge in [-0.25, -0.2) is 8.42 Å². The average Bonchev–Trinajstić information content (AvgIpc) is 2.70. The molecule has 1 N–H and O–H groups in total. The normalized spacial score (nSPS) is 12.1. The fourth-order valence-corrected chi connectivity index (χ4v) is 4.28. The zero-order valence-electron chi connectivity index (χ0n) is 17.2. The molecule has 0 aromatic heterocycles. The third kappa shape index (κ3) is 5.87. The van der Waals surface area contributed by atoms with E-state index in [0.717, 1.165) is 16.1 Å². The van der Waals surface area contributed by atoms with Gasteiger partial charge in [0.05, 0.1) is 25.7 Å². The molecule has 2 aromatic carbocycles. The van der Waals surface area contributed by atoms with Crippen molar-refractivity contribution in [3.8, 4) is 11.5 Å². The van der Waals surface area contributed by atoms with Crippen LogP contribution in [0, 0.1) is 0 Å². The van der Waals surface area contributed by atoms with E-state index in [1.165, 1.54) is 0 Å². The second kappa shape index (κ2) is 10.2. The third-order valence-corrected chi connectivity index (χ3v) is 5.56. The van der Waals surface area contributed by atoms with Crippen molar-refractivity contribution in [2.24, 2.45) is 0 Å². The van der Waals surface area contributed by atoms with Crippen LogP contribution < -0.4 is 19.1 Å². The van der Waals surface area contributed by atoms with Crippen LogP contribution in [0.1, 0.15) is 25.8 Å². The highest BCUT2D eigenvalue weighted by Gasteiger charge is 2.31. The molecule has 0 aliphatic rings. The molecule has 7 nitrogen and oxygen atoms in total. The van der Waals surface area contributed by atoms with E-state index in [0.29, 0.717) is 30.2 Å². The Bertz CT molecular complexity index is 913. The molecular formula is C21H28N2O5S. The summed E-state index contributed by atoms with van der Waals surface area (Å²) in [6.07, 6.45) is 1.41. The highest BCUT2D eigenvalue weighted by Crippen LogP contribution is 2.25. The van der Waals surface area contributed by atoms with Gasteiger partial charge in [0.2, 0.25) is 15.9 Å². The van der Waals surface area contributed by atoms with Crippen molar-refractivity contribution in [2.75, 3.05) is 24.3 Å². The number of amides is 1. The van der Waals surface area contributed by atoms with Crippen LogP contribution in [0.15, 0.2) is 48.5 Å². The first-order valence-corrected chi connectivity index (χ1v) is 11.3. The van der Waals surface area contributed by atoms with E-state index in [9.17, 15) is 13.2 Å². The maximum absolute atomic E-state index is 12.9. The molecule has 2 rings (SSSR count). The van der Waals surface area contributed by atoms with Crippen LogP contribution in [0.4, 0.5) is 5.69 Å². The van der Waals surface area contributed by atoms with Crippen LogP contribution in [0.5, 0.6) is 11.5 Å². The number of hydrogen-bond donors (Lipinski definition) is 1. The lowest BCUT2D eigenvalue weighted by atomic mass is 10.1. The number of methoxy groups -OCH3 is 1. The van der Waals surface area contributed by atoms with Gasteiger partial charge in [0.25, 0.3) is 0 Å². The SMILES string of the molecule is CCOc1ccc(N([C@H](CC)C(=O)NCc2ccccc2OC)S(C)(=O)=O)cc1. The minimum Gasteiger partial charge on any atom is -0.496 e. The Morgan fingerprint density at radius 1 is 1.10 bits per heavy atom. The van der Waals surface area contributed by atoms with Crippen molar-refractivity contribution in [3.63, 3.8) is 0 Å². The molecule has 0 bridgehead atoms. The fourth-order valence-electron chi connectivity index (χ4n) is 3.07. The molecule has 158 valence electrons. The molecule has 0 radical (unpaired) electrons. The van der Waals surface area contributed by atoms with Gasteiger partial charge in [0, 0.05) is 12.1 Å². The van der Waals surface area contributed by atoms with Crippen LogP contribution in [0.2, 0.25) is 0 Å². The van der Waals surface area contributed by atoms with E-state index >= 15 is 0 Å². The molecule has 0 aliphatic carbocycles. The second-order valence-electron chi connectivity index (χ2n) is 6.44. The van der Waals surface area contributed by atoms with Crippen molar-refractivity contribution in [1.29, 1.82) is 0 Å². The van der Waals surface area contributed by atoms with Crippen LogP contribution in [0.3, 0.4) is 0 Å². The number of ether oxygens (including phenoxy) is 2. The van der Waals surface area contributed by atoms with Crippen molar-refractivity contribution in [3.05, 3.63) is 54.1 Å². The predicted octanol–water partition coefficient (Wildman–Crippen LogP) is 2.95. The lowest BCUT2D eigenvalue weighted by Gasteiger charge is -2.30. The zero-order valence-corrected chi connectivity index (χ0v) is 18.0. The summed E-state index contributed by atoms with van der Waals surface area (Å²) < 4.78 is 36.9. The van der Waals surface area contributed by atoms with Crippen LogP contribution >= 0.6 is 0 Å². The van der Waals surface area contributed by atoms with E-state index in [2.05, 4.69) is 5.32 Å². The van der Waals surface area contributed by atoms with Crippen molar-refractivity contribution < 1.29 is 22.7 Å². The molecule has 2 aromatic rings. The average molecular weight is 421 g/mol. The first-order chi connectivity index (χ1) is 13.8. The second-order valence-corrected chi connectivity index (χ2v) is 8.30. The highest BCUT2D eigenvalue weighted by molar-refractivity contribution is 7.92. The molecule has 0 unspecified atom stereocenters. The van der Waals surface area contributed by atoms with Crippen molar-refractivity contribution >= 4 is 21.6 Å². The third-order valence-electron chi connectivity index (χ3n) is 4.38. The number of sulfonamides is 1. The van der Waals surface area contributed by atoms with Gasteiger partial charge < -0.3 is 14.8 Å². The van der Waals surface area contributed by atoms with Crippen LogP contribution in [-0.4, -0.2) is 40.3 Å². The lowest BCUT2D eigenvalue weighted by molar-refractivity contribution is -0.122. The number of carbonyl (C=O) groups excluding carboxylic acids is 1. The maximum Gasteiger partial charge on any atom is 0.244 e. The molecule has 0 saturated heterocycles. The molecule has 29 heavy (non-hydrogen) atoms. The molecule has 0 fully saturated rings. The number of hydrogen-bond acceptors (Lipinski definition) is 5. The molecule has 0 aliphatic heterocycles. The first kappa shape index (κ1) is 22.5. The molecular weight excluding hydrogens is 392 g/mol. The van der Waals surface area contributed by atoms with Crippen molar-refractivity contribution in [1.82, 2.24) is 5.32 Å². The number of nitrogens with zero attached hydrogens (tertiary/aromatic N) is 1.